The smallest absolute Gasteiger partial charge is 0.0412 e. The summed E-state index contributed by atoms with van der Waals surface area (Å²) in [7, 11) is 2.06. The zero-order valence-electron chi connectivity index (χ0n) is 13.9. The molecule has 1 nitrogen and oxygen atoms in total. The zero-order chi connectivity index (χ0) is 15.5. The maximum atomic E-state index is 3.44. The number of nitrogens with one attached hydrogen (secondary N) is 1. The van der Waals surface area contributed by atoms with Gasteiger partial charge in [0.1, 0.15) is 0 Å². The van der Waals surface area contributed by atoms with Crippen molar-refractivity contribution in [3.8, 4) is 10.4 Å². The SMILES string of the molecule is CCCC(NC)c1ccc(-c2ccccc2C(C)(C)C)s1. The summed E-state index contributed by atoms with van der Waals surface area (Å²) in [5, 5.41) is 3.44. The van der Waals surface area contributed by atoms with Gasteiger partial charge in [0.2, 0.25) is 0 Å². The standard InChI is InChI=1S/C19H27NS/c1-6-9-16(20-5)18-13-12-17(21-18)14-10-7-8-11-15(14)19(2,3)4/h7-8,10-13,16,20H,6,9H2,1-5H3. The van der Waals surface area contributed by atoms with Gasteiger partial charge in [-0.15, -0.1) is 11.3 Å². The summed E-state index contributed by atoms with van der Waals surface area (Å²) in [6, 6.07) is 13.9. The van der Waals surface area contributed by atoms with Crippen LogP contribution in [0.2, 0.25) is 0 Å². The maximum Gasteiger partial charge on any atom is 0.0412 e. The average Bonchev–Trinajstić information content (AvgIpc) is 2.93. The molecule has 2 heteroatoms. The monoisotopic (exact) mass is 301 g/mol. The van der Waals surface area contributed by atoms with Crippen LogP contribution in [0.3, 0.4) is 0 Å². The molecule has 2 rings (SSSR count). The van der Waals surface area contributed by atoms with E-state index in [1.807, 2.05) is 11.3 Å². The summed E-state index contributed by atoms with van der Waals surface area (Å²) < 4.78 is 0. The van der Waals surface area contributed by atoms with E-state index in [0.717, 1.165) is 0 Å². The second-order valence-electron chi connectivity index (χ2n) is 6.63. The second-order valence-corrected chi connectivity index (χ2v) is 7.74. The first kappa shape index (κ1) is 16.3. The molecule has 2 aromatic rings. The molecule has 0 spiro atoms. The highest BCUT2D eigenvalue weighted by Gasteiger charge is 2.20. The Morgan fingerprint density at radius 1 is 1.10 bits per heavy atom. The Morgan fingerprint density at radius 2 is 1.81 bits per heavy atom. The van der Waals surface area contributed by atoms with E-state index < -0.39 is 0 Å². The average molecular weight is 301 g/mol. The highest BCUT2D eigenvalue weighted by molar-refractivity contribution is 7.15. The number of rotatable bonds is 5. The van der Waals surface area contributed by atoms with Crippen LogP contribution in [0.5, 0.6) is 0 Å². The van der Waals surface area contributed by atoms with Gasteiger partial charge in [-0.2, -0.15) is 0 Å². The molecule has 0 saturated heterocycles. The molecular formula is C19H27NS. The molecule has 1 unspecified atom stereocenters. The van der Waals surface area contributed by atoms with E-state index in [0.29, 0.717) is 6.04 Å². The molecule has 0 aliphatic rings. The molecule has 0 aliphatic carbocycles. The first-order valence-corrected chi connectivity index (χ1v) is 8.66. The van der Waals surface area contributed by atoms with Gasteiger partial charge < -0.3 is 5.32 Å². The number of thiophene rings is 1. The van der Waals surface area contributed by atoms with Crippen molar-refractivity contribution in [1.82, 2.24) is 5.32 Å². The molecule has 0 saturated carbocycles. The van der Waals surface area contributed by atoms with Crippen LogP contribution in [0.4, 0.5) is 0 Å². The normalized spacial score (nSPS) is 13.4. The minimum Gasteiger partial charge on any atom is -0.312 e. The minimum absolute atomic E-state index is 0.173. The Hall–Kier alpha value is -1.12. The van der Waals surface area contributed by atoms with Crippen molar-refractivity contribution in [2.75, 3.05) is 7.05 Å². The van der Waals surface area contributed by atoms with Crippen molar-refractivity contribution in [2.24, 2.45) is 0 Å². The van der Waals surface area contributed by atoms with Gasteiger partial charge in [-0.05, 0) is 42.1 Å². The van der Waals surface area contributed by atoms with Crippen LogP contribution in [0.15, 0.2) is 36.4 Å². The Morgan fingerprint density at radius 3 is 2.43 bits per heavy atom. The third-order valence-corrected chi connectivity index (χ3v) is 5.13. The van der Waals surface area contributed by atoms with Gasteiger partial charge >= 0.3 is 0 Å². The van der Waals surface area contributed by atoms with Crippen LogP contribution >= 0.6 is 11.3 Å². The summed E-state index contributed by atoms with van der Waals surface area (Å²) in [5.41, 5.74) is 2.98. The fourth-order valence-corrected chi connectivity index (χ4v) is 3.95. The van der Waals surface area contributed by atoms with E-state index in [-0.39, 0.29) is 5.41 Å². The van der Waals surface area contributed by atoms with Crippen molar-refractivity contribution in [3.63, 3.8) is 0 Å². The van der Waals surface area contributed by atoms with E-state index in [2.05, 4.69) is 76.5 Å². The van der Waals surface area contributed by atoms with Crippen LogP contribution < -0.4 is 5.32 Å². The van der Waals surface area contributed by atoms with Gasteiger partial charge in [-0.25, -0.2) is 0 Å². The van der Waals surface area contributed by atoms with Gasteiger partial charge in [0.15, 0.2) is 0 Å². The second kappa shape index (κ2) is 6.76. The van der Waals surface area contributed by atoms with Crippen molar-refractivity contribution in [1.29, 1.82) is 0 Å². The van der Waals surface area contributed by atoms with Crippen LogP contribution in [0.1, 0.15) is 57.0 Å². The quantitative estimate of drug-likeness (QED) is 0.739. The van der Waals surface area contributed by atoms with Crippen molar-refractivity contribution < 1.29 is 0 Å². The topological polar surface area (TPSA) is 12.0 Å². The first-order valence-electron chi connectivity index (χ1n) is 7.84. The molecule has 0 fully saturated rings. The number of hydrogen-bond donors (Lipinski definition) is 1. The third-order valence-electron chi connectivity index (χ3n) is 3.90. The molecular weight excluding hydrogens is 274 g/mol. The molecule has 114 valence electrons. The largest absolute Gasteiger partial charge is 0.312 e. The predicted molar refractivity (Wildman–Crippen MR) is 95.2 cm³/mol. The number of hydrogen-bond acceptors (Lipinski definition) is 2. The summed E-state index contributed by atoms with van der Waals surface area (Å²) in [6.45, 7) is 9.10. The molecule has 1 aromatic carbocycles. The van der Waals surface area contributed by atoms with Gasteiger partial charge in [0.25, 0.3) is 0 Å². The lowest BCUT2D eigenvalue weighted by Crippen LogP contribution is -2.14. The number of benzene rings is 1. The van der Waals surface area contributed by atoms with Crippen LogP contribution in [-0.2, 0) is 5.41 Å². The van der Waals surface area contributed by atoms with Crippen molar-refractivity contribution in [3.05, 3.63) is 46.8 Å². The van der Waals surface area contributed by atoms with Crippen LogP contribution in [0.25, 0.3) is 10.4 Å². The van der Waals surface area contributed by atoms with E-state index in [9.17, 15) is 0 Å². The lowest BCUT2D eigenvalue weighted by molar-refractivity contribution is 0.550. The Balaban J connectivity index is 2.38. The van der Waals surface area contributed by atoms with Crippen molar-refractivity contribution >= 4 is 11.3 Å². The minimum atomic E-state index is 0.173. The third kappa shape index (κ3) is 3.75. The van der Waals surface area contributed by atoms with E-state index in [4.69, 9.17) is 0 Å². The highest BCUT2D eigenvalue weighted by atomic mass is 32.1. The first-order chi connectivity index (χ1) is 9.97. The molecule has 0 amide bonds. The molecule has 0 aliphatic heterocycles. The molecule has 0 bridgehead atoms. The summed E-state index contributed by atoms with van der Waals surface area (Å²) in [5.74, 6) is 0. The Bertz CT molecular complexity index is 577. The fourth-order valence-electron chi connectivity index (χ4n) is 2.75. The summed E-state index contributed by atoms with van der Waals surface area (Å²) in [4.78, 5) is 2.82. The van der Waals surface area contributed by atoms with Crippen LogP contribution in [-0.4, -0.2) is 7.05 Å². The molecule has 0 radical (unpaired) electrons. The summed E-state index contributed by atoms with van der Waals surface area (Å²) in [6.07, 6.45) is 2.40. The van der Waals surface area contributed by atoms with Gasteiger partial charge in [-0.3, -0.25) is 0 Å². The molecule has 1 heterocycles. The van der Waals surface area contributed by atoms with Crippen LogP contribution in [0, 0.1) is 0 Å². The van der Waals surface area contributed by atoms with Gasteiger partial charge in [0.05, 0.1) is 0 Å². The molecule has 1 aromatic heterocycles. The predicted octanol–water partition coefficient (Wildman–Crippen LogP) is 5.77. The Labute approximate surface area is 133 Å². The van der Waals surface area contributed by atoms with Gasteiger partial charge in [0, 0.05) is 15.8 Å². The van der Waals surface area contributed by atoms with E-state index in [1.54, 1.807) is 0 Å². The van der Waals surface area contributed by atoms with Gasteiger partial charge in [-0.1, -0.05) is 58.4 Å². The lowest BCUT2D eigenvalue weighted by atomic mass is 9.83. The maximum absolute atomic E-state index is 3.44. The summed E-state index contributed by atoms with van der Waals surface area (Å²) >= 11 is 1.93. The fraction of sp³-hybridized carbons (Fsp3) is 0.474. The van der Waals surface area contributed by atoms with Crippen molar-refractivity contribution in [2.45, 2.75) is 52.0 Å². The van der Waals surface area contributed by atoms with E-state index >= 15 is 0 Å². The molecule has 1 atom stereocenters. The highest BCUT2D eigenvalue weighted by Crippen LogP contribution is 2.38. The lowest BCUT2D eigenvalue weighted by Gasteiger charge is -2.22. The molecule has 21 heavy (non-hydrogen) atoms. The van der Waals surface area contributed by atoms with E-state index in [1.165, 1.54) is 33.7 Å². The zero-order valence-corrected chi connectivity index (χ0v) is 14.7. The molecule has 1 N–H and O–H groups in total. The Kier molecular flexibility index (Phi) is 5.23.